The maximum absolute atomic E-state index is 15.2. The molecule has 0 radical (unpaired) electrons. The number of piperidine rings is 1. The number of fused-ring (bicyclic) bond motifs is 1. The lowest BCUT2D eigenvalue weighted by Gasteiger charge is -2.37. The number of nitrogens with zero attached hydrogens (tertiary/aromatic N) is 4. The maximum Gasteiger partial charge on any atom is 0.435 e. The van der Waals surface area contributed by atoms with Crippen molar-refractivity contribution < 1.29 is 21.6 Å². The third kappa shape index (κ3) is 6.31. The number of sulfone groups is 1. The number of thiophene rings is 1. The smallest absolute Gasteiger partial charge is 0.363 e. The second kappa shape index (κ2) is 13.6. The Kier molecular flexibility index (Phi) is 8.94. The molecule has 4 heterocycles. The minimum Gasteiger partial charge on any atom is -0.363 e. The van der Waals surface area contributed by atoms with E-state index in [9.17, 15) is 8.42 Å². The summed E-state index contributed by atoms with van der Waals surface area (Å²) in [6.45, 7) is 0.708. The molecule has 1 fully saturated rings. The number of alkyl halides is 3. The van der Waals surface area contributed by atoms with Crippen LogP contribution in [-0.4, -0.2) is 36.0 Å². The van der Waals surface area contributed by atoms with E-state index < -0.39 is 27.2 Å². The van der Waals surface area contributed by atoms with Crippen LogP contribution in [0.25, 0.3) is 22.0 Å². The summed E-state index contributed by atoms with van der Waals surface area (Å²) in [4.78, 5) is 7.77. The van der Waals surface area contributed by atoms with Crippen LogP contribution in [0.5, 0.6) is 0 Å². The summed E-state index contributed by atoms with van der Waals surface area (Å²) in [5.74, 6) is 0. The predicted octanol–water partition coefficient (Wildman–Crippen LogP) is 10.2. The van der Waals surface area contributed by atoms with Gasteiger partial charge < -0.3 is 4.90 Å². The average Bonchev–Trinajstić information content (AvgIpc) is 3.86. The van der Waals surface area contributed by atoms with Gasteiger partial charge >= 0.3 is 6.18 Å². The van der Waals surface area contributed by atoms with E-state index in [0.717, 1.165) is 46.5 Å². The molecular weight excluding hydrogens is 714 g/mol. The number of hydrogen-bond donors (Lipinski definition) is 0. The molecule has 0 spiro atoms. The van der Waals surface area contributed by atoms with Gasteiger partial charge in [0.05, 0.1) is 11.6 Å². The van der Waals surface area contributed by atoms with Crippen LogP contribution in [0.15, 0.2) is 144 Å². The van der Waals surface area contributed by atoms with Gasteiger partial charge in [-0.2, -0.15) is 18.3 Å². The van der Waals surface area contributed by atoms with Crippen LogP contribution in [0.2, 0.25) is 0 Å². The Morgan fingerprint density at radius 1 is 0.774 bits per heavy atom. The quantitative estimate of drug-likeness (QED) is 0.145. The fourth-order valence-electron chi connectivity index (χ4n) is 7.68. The van der Waals surface area contributed by atoms with Crippen LogP contribution in [-0.2, 0) is 21.6 Å². The third-order valence-electron chi connectivity index (χ3n) is 10.0. The molecule has 0 bridgehead atoms. The summed E-state index contributed by atoms with van der Waals surface area (Å²) in [5.41, 5.74) is 1.84. The van der Waals surface area contributed by atoms with Gasteiger partial charge in [0.1, 0.15) is 9.75 Å². The van der Waals surface area contributed by atoms with Crippen molar-refractivity contribution in [2.45, 2.75) is 41.2 Å². The number of anilines is 1. The fourth-order valence-corrected chi connectivity index (χ4v) is 9.77. The highest BCUT2D eigenvalue weighted by molar-refractivity contribution is 7.92. The Bertz CT molecular complexity index is 2400. The minimum atomic E-state index is -4.77. The molecule has 8 rings (SSSR count). The van der Waals surface area contributed by atoms with E-state index in [1.165, 1.54) is 28.5 Å². The molecular formula is C42H35F3N4O2S2. The Balaban J connectivity index is 1.33. The summed E-state index contributed by atoms with van der Waals surface area (Å²) in [7, 11) is -3.36. The standard InChI is InChI=1S/C42H35F3N4O2S2/c1-53(50,51)39-23-22-38(52-39)37-19-11-12-26-48(37)36-24-25-46-35-21-20-29(27-33(35)36)34-28-49(47-40(34)42(43,44)45)41(30-13-5-2-6-14-30,31-15-7-3-8-16-31)32-17-9-4-10-18-32/h2-10,13-18,20-25,27-28,37H,11-12,19,26H2,1H3. The Morgan fingerprint density at radius 2 is 1.40 bits per heavy atom. The maximum atomic E-state index is 15.2. The van der Waals surface area contributed by atoms with Crippen LogP contribution < -0.4 is 4.90 Å². The molecule has 0 N–H and O–H groups in total. The van der Waals surface area contributed by atoms with Crippen molar-refractivity contribution in [1.82, 2.24) is 14.8 Å². The van der Waals surface area contributed by atoms with Crippen LogP contribution >= 0.6 is 11.3 Å². The topological polar surface area (TPSA) is 68.1 Å². The molecule has 268 valence electrons. The Hall–Kier alpha value is -5.26. The van der Waals surface area contributed by atoms with Gasteiger partial charge in [-0.05, 0) is 71.8 Å². The molecule has 1 aliphatic heterocycles. The lowest BCUT2D eigenvalue weighted by Crippen LogP contribution is -2.38. The van der Waals surface area contributed by atoms with Crippen LogP contribution in [0.1, 0.15) is 52.6 Å². The number of aromatic nitrogens is 3. The number of pyridine rings is 1. The van der Waals surface area contributed by atoms with E-state index >= 15 is 13.2 Å². The largest absolute Gasteiger partial charge is 0.435 e. The van der Waals surface area contributed by atoms with Crippen molar-refractivity contribution in [3.8, 4) is 11.1 Å². The highest BCUT2D eigenvalue weighted by Gasteiger charge is 2.44. The molecule has 1 unspecified atom stereocenters. The van der Waals surface area contributed by atoms with Gasteiger partial charge in [0.2, 0.25) is 0 Å². The zero-order valence-electron chi connectivity index (χ0n) is 28.7. The first-order chi connectivity index (χ1) is 25.5. The summed E-state index contributed by atoms with van der Waals surface area (Å²) < 4.78 is 72.1. The number of benzene rings is 4. The van der Waals surface area contributed by atoms with Gasteiger partial charge in [0.25, 0.3) is 0 Å². The van der Waals surface area contributed by atoms with Gasteiger partial charge in [-0.25, -0.2) is 8.42 Å². The average molecular weight is 749 g/mol. The van der Waals surface area contributed by atoms with E-state index in [-0.39, 0.29) is 11.6 Å². The van der Waals surface area contributed by atoms with Crippen molar-refractivity contribution in [3.05, 3.63) is 167 Å². The van der Waals surface area contributed by atoms with Crippen LogP contribution in [0.4, 0.5) is 18.9 Å². The fraction of sp³-hybridized carbons (Fsp3) is 0.190. The zero-order chi connectivity index (χ0) is 36.8. The number of halogens is 3. The first-order valence-electron chi connectivity index (χ1n) is 17.3. The molecule has 3 aromatic heterocycles. The molecule has 7 aromatic rings. The molecule has 0 saturated carbocycles. The van der Waals surface area contributed by atoms with E-state index in [4.69, 9.17) is 0 Å². The van der Waals surface area contributed by atoms with Crippen LogP contribution in [0, 0.1) is 0 Å². The Morgan fingerprint density at radius 3 is 1.96 bits per heavy atom. The monoisotopic (exact) mass is 748 g/mol. The molecule has 0 aliphatic carbocycles. The molecule has 6 nitrogen and oxygen atoms in total. The second-order valence-corrected chi connectivity index (χ2v) is 16.7. The number of hydrogen-bond acceptors (Lipinski definition) is 6. The van der Waals surface area contributed by atoms with Gasteiger partial charge in [-0.15, -0.1) is 11.3 Å². The molecule has 1 saturated heterocycles. The van der Waals surface area contributed by atoms with Crippen LogP contribution in [0.3, 0.4) is 0 Å². The predicted molar refractivity (Wildman–Crippen MR) is 204 cm³/mol. The lowest BCUT2D eigenvalue weighted by molar-refractivity contribution is -0.141. The van der Waals surface area contributed by atoms with E-state index in [1.807, 2.05) is 103 Å². The molecule has 53 heavy (non-hydrogen) atoms. The second-order valence-electron chi connectivity index (χ2n) is 13.3. The molecule has 11 heteroatoms. The SMILES string of the molecule is CS(=O)(=O)c1ccc(C2CCCCN2c2ccnc3ccc(-c4cn(C(c5ccccc5)(c5ccccc5)c5ccccc5)nc4C(F)(F)F)cc23)s1. The number of rotatable bonds is 8. The van der Waals surface area contributed by atoms with E-state index in [0.29, 0.717) is 27.2 Å². The van der Waals surface area contributed by atoms with Crippen molar-refractivity contribution in [3.63, 3.8) is 0 Å². The van der Waals surface area contributed by atoms with Crippen molar-refractivity contribution in [2.24, 2.45) is 0 Å². The van der Waals surface area contributed by atoms with E-state index in [1.54, 1.807) is 30.5 Å². The van der Waals surface area contributed by atoms with Gasteiger partial charge in [-0.3, -0.25) is 9.67 Å². The first-order valence-corrected chi connectivity index (χ1v) is 20.1. The summed E-state index contributed by atoms with van der Waals surface area (Å²) >= 11 is 1.27. The van der Waals surface area contributed by atoms with Gasteiger partial charge in [-0.1, -0.05) is 97.1 Å². The van der Waals surface area contributed by atoms with Crippen molar-refractivity contribution in [2.75, 3.05) is 17.7 Å². The van der Waals surface area contributed by atoms with E-state index in [2.05, 4.69) is 15.0 Å². The molecule has 0 amide bonds. The minimum absolute atomic E-state index is 0.0485. The lowest BCUT2D eigenvalue weighted by atomic mass is 9.77. The van der Waals surface area contributed by atoms with Crippen molar-refractivity contribution in [1.29, 1.82) is 0 Å². The highest BCUT2D eigenvalue weighted by Crippen LogP contribution is 2.46. The highest BCUT2D eigenvalue weighted by atomic mass is 32.2. The summed E-state index contributed by atoms with van der Waals surface area (Å²) in [6, 6.07) is 39.0. The Labute approximate surface area is 310 Å². The first kappa shape index (κ1) is 34.8. The zero-order valence-corrected chi connectivity index (χ0v) is 30.4. The van der Waals surface area contributed by atoms with Gasteiger partial charge in [0, 0.05) is 46.7 Å². The summed E-state index contributed by atoms with van der Waals surface area (Å²) in [5, 5.41) is 5.15. The molecule has 1 atom stereocenters. The third-order valence-corrected chi connectivity index (χ3v) is 13.0. The molecule has 1 aliphatic rings. The molecule has 4 aromatic carbocycles. The van der Waals surface area contributed by atoms with Crippen molar-refractivity contribution >= 4 is 37.8 Å². The normalized spacial score (nSPS) is 15.5. The van der Waals surface area contributed by atoms with Gasteiger partial charge in [0.15, 0.2) is 15.5 Å². The summed E-state index contributed by atoms with van der Waals surface area (Å²) in [6.07, 6.45) is 2.40.